The molecule has 0 saturated heterocycles. The van der Waals surface area contributed by atoms with Crippen molar-refractivity contribution in [2.45, 2.75) is 19.6 Å². The number of carbonyl (C=O) groups excluding carboxylic acids is 2. The smallest absolute Gasteiger partial charge is 0.260 e. The molecule has 1 N–H and O–H groups in total. The van der Waals surface area contributed by atoms with Gasteiger partial charge in [-0.05, 0) is 49.3 Å². The molecule has 22 heavy (non-hydrogen) atoms. The average molecular weight is 301 g/mol. The van der Waals surface area contributed by atoms with Gasteiger partial charge in [-0.2, -0.15) is 0 Å². The first-order chi connectivity index (χ1) is 10.5. The van der Waals surface area contributed by atoms with E-state index in [4.69, 9.17) is 9.47 Å². The lowest BCUT2D eigenvalue weighted by Gasteiger charge is -2.36. The van der Waals surface area contributed by atoms with Gasteiger partial charge in [0, 0.05) is 7.11 Å². The average Bonchev–Trinajstić information content (AvgIpc) is 2.50. The molecular weight excluding hydrogens is 282 g/mol. The van der Waals surface area contributed by atoms with Gasteiger partial charge < -0.3 is 14.8 Å². The lowest BCUT2D eigenvalue weighted by Crippen LogP contribution is -2.54. The minimum absolute atomic E-state index is 0.113. The highest BCUT2D eigenvalue weighted by molar-refractivity contribution is 6.02. The van der Waals surface area contributed by atoms with Crippen molar-refractivity contribution in [1.29, 1.82) is 0 Å². The predicted molar refractivity (Wildman–Crippen MR) is 82.3 cm³/mol. The fourth-order valence-corrected chi connectivity index (χ4v) is 2.45. The van der Waals surface area contributed by atoms with Crippen LogP contribution in [0.15, 0.2) is 53.6 Å². The van der Waals surface area contributed by atoms with E-state index in [0.29, 0.717) is 16.9 Å². The largest absolute Gasteiger partial charge is 0.484 e. The van der Waals surface area contributed by atoms with Gasteiger partial charge in [0.25, 0.3) is 5.91 Å². The molecule has 1 aliphatic carbocycles. The zero-order valence-electron chi connectivity index (χ0n) is 12.9. The van der Waals surface area contributed by atoms with E-state index in [1.807, 2.05) is 18.2 Å². The SMILES string of the molecule is COC1(NC(=O)COc2ccccc2)C(C)=CC(=O)C=C1C. The maximum absolute atomic E-state index is 12.2. The first kappa shape index (κ1) is 16.0. The second-order valence-electron chi connectivity index (χ2n) is 5.09. The van der Waals surface area contributed by atoms with Crippen molar-refractivity contribution in [2.24, 2.45) is 0 Å². The third-order valence-electron chi connectivity index (χ3n) is 3.56. The normalized spacial score (nSPS) is 16.6. The summed E-state index contributed by atoms with van der Waals surface area (Å²) in [5, 5.41) is 2.80. The molecule has 0 atom stereocenters. The number of ether oxygens (including phenoxy) is 2. The number of hydrogen-bond donors (Lipinski definition) is 1. The van der Waals surface area contributed by atoms with Crippen molar-refractivity contribution in [3.05, 3.63) is 53.6 Å². The van der Waals surface area contributed by atoms with Crippen molar-refractivity contribution < 1.29 is 19.1 Å². The van der Waals surface area contributed by atoms with E-state index < -0.39 is 5.72 Å². The fourth-order valence-electron chi connectivity index (χ4n) is 2.45. The minimum atomic E-state index is -1.09. The van der Waals surface area contributed by atoms with Gasteiger partial charge in [-0.3, -0.25) is 9.59 Å². The molecule has 0 fully saturated rings. The van der Waals surface area contributed by atoms with E-state index in [0.717, 1.165) is 0 Å². The first-order valence-corrected chi connectivity index (χ1v) is 6.93. The molecule has 0 aliphatic heterocycles. The number of ketones is 1. The number of rotatable bonds is 5. The molecule has 1 aromatic rings. The summed E-state index contributed by atoms with van der Waals surface area (Å²) in [4.78, 5) is 23.7. The quantitative estimate of drug-likeness (QED) is 0.845. The first-order valence-electron chi connectivity index (χ1n) is 6.93. The Balaban J connectivity index is 2.07. The summed E-state index contributed by atoms with van der Waals surface area (Å²) in [6.45, 7) is 3.36. The molecule has 0 saturated carbocycles. The van der Waals surface area contributed by atoms with Crippen molar-refractivity contribution in [1.82, 2.24) is 5.32 Å². The van der Waals surface area contributed by atoms with Crippen LogP contribution in [0.25, 0.3) is 0 Å². The topological polar surface area (TPSA) is 64.6 Å². The van der Waals surface area contributed by atoms with Crippen molar-refractivity contribution in [3.63, 3.8) is 0 Å². The molecular formula is C17H19NO4. The van der Waals surface area contributed by atoms with Crippen LogP contribution in [0, 0.1) is 0 Å². The highest BCUT2D eigenvalue weighted by Crippen LogP contribution is 2.29. The number of carbonyl (C=O) groups is 2. The van der Waals surface area contributed by atoms with E-state index in [1.165, 1.54) is 19.3 Å². The second kappa shape index (κ2) is 6.58. The molecule has 1 aliphatic rings. The van der Waals surface area contributed by atoms with Crippen LogP contribution in [0.1, 0.15) is 13.8 Å². The Hall–Kier alpha value is -2.40. The Morgan fingerprint density at radius 3 is 2.27 bits per heavy atom. The third-order valence-corrected chi connectivity index (χ3v) is 3.56. The van der Waals surface area contributed by atoms with E-state index >= 15 is 0 Å². The van der Waals surface area contributed by atoms with Crippen LogP contribution in [0.4, 0.5) is 0 Å². The molecule has 1 amide bonds. The Labute approximate surface area is 129 Å². The minimum Gasteiger partial charge on any atom is -0.484 e. The summed E-state index contributed by atoms with van der Waals surface area (Å²) < 4.78 is 10.9. The number of amides is 1. The Morgan fingerprint density at radius 1 is 1.14 bits per heavy atom. The van der Waals surface area contributed by atoms with Crippen LogP contribution in [0.3, 0.4) is 0 Å². The molecule has 0 aromatic heterocycles. The summed E-state index contributed by atoms with van der Waals surface area (Å²) >= 11 is 0. The lowest BCUT2D eigenvalue weighted by atomic mass is 9.89. The molecule has 0 heterocycles. The monoisotopic (exact) mass is 301 g/mol. The van der Waals surface area contributed by atoms with Crippen LogP contribution in [0.2, 0.25) is 0 Å². The van der Waals surface area contributed by atoms with Gasteiger partial charge in [0.2, 0.25) is 0 Å². The number of methoxy groups -OCH3 is 1. The Morgan fingerprint density at radius 2 is 1.73 bits per heavy atom. The van der Waals surface area contributed by atoms with Crippen LogP contribution in [0.5, 0.6) is 5.75 Å². The van der Waals surface area contributed by atoms with Gasteiger partial charge in [0.15, 0.2) is 18.1 Å². The molecule has 5 heteroatoms. The van der Waals surface area contributed by atoms with E-state index in [2.05, 4.69) is 5.32 Å². The number of nitrogens with one attached hydrogen (secondary N) is 1. The van der Waals surface area contributed by atoms with E-state index in [-0.39, 0.29) is 18.3 Å². The summed E-state index contributed by atoms with van der Waals surface area (Å²) in [7, 11) is 1.49. The predicted octanol–water partition coefficient (Wildman–Crippen LogP) is 2.00. The lowest BCUT2D eigenvalue weighted by molar-refractivity contribution is -0.129. The number of hydrogen-bond acceptors (Lipinski definition) is 4. The fraction of sp³-hybridized carbons (Fsp3) is 0.294. The molecule has 116 valence electrons. The summed E-state index contributed by atoms with van der Waals surface area (Å²) in [5.41, 5.74) is 0.173. The highest BCUT2D eigenvalue weighted by Gasteiger charge is 2.38. The highest BCUT2D eigenvalue weighted by atomic mass is 16.5. The van der Waals surface area contributed by atoms with E-state index in [1.54, 1.807) is 26.0 Å². The van der Waals surface area contributed by atoms with Gasteiger partial charge in [-0.25, -0.2) is 0 Å². The summed E-state index contributed by atoms with van der Waals surface area (Å²) in [6, 6.07) is 9.07. The summed E-state index contributed by atoms with van der Waals surface area (Å²) in [5.74, 6) is 0.167. The van der Waals surface area contributed by atoms with Crippen LogP contribution >= 0.6 is 0 Å². The van der Waals surface area contributed by atoms with E-state index in [9.17, 15) is 9.59 Å². The Kier molecular flexibility index (Phi) is 4.78. The van der Waals surface area contributed by atoms with Crippen molar-refractivity contribution in [2.75, 3.05) is 13.7 Å². The van der Waals surface area contributed by atoms with Crippen LogP contribution < -0.4 is 10.1 Å². The maximum Gasteiger partial charge on any atom is 0.260 e. The molecule has 5 nitrogen and oxygen atoms in total. The van der Waals surface area contributed by atoms with Gasteiger partial charge in [-0.1, -0.05) is 18.2 Å². The van der Waals surface area contributed by atoms with Crippen molar-refractivity contribution in [3.8, 4) is 5.75 Å². The maximum atomic E-state index is 12.2. The number of allylic oxidation sites excluding steroid dienone is 2. The van der Waals surface area contributed by atoms with Gasteiger partial charge in [0.05, 0.1) is 0 Å². The molecule has 2 rings (SSSR count). The molecule has 1 aromatic carbocycles. The van der Waals surface area contributed by atoms with Gasteiger partial charge in [0.1, 0.15) is 5.75 Å². The zero-order chi connectivity index (χ0) is 16.2. The number of para-hydroxylation sites is 1. The van der Waals surface area contributed by atoms with Crippen molar-refractivity contribution >= 4 is 11.7 Å². The molecule has 0 spiro atoms. The van der Waals surface area contributed by atoms with Crippen LogP contribution in [-0.4, -0.2) is 31.1 Å². The molecule has 0 bridgehead atoms. The zero-order valence-corrected chi connectivity index (χ0v) is 12.9. The summed E-state index contributed by atoms with van der Waals surface area (Å²) in [6.07, 6.45) is 2.91. The van der Waals surface area contributed by atoms with Gasteiger partial charge >= 0.3 is 0 Å². The van der Waals surface area contributed by atoms with Gasteiger partial charge in [-0.15, -0.1) is 0 Å². The number of benzene rings is 1. The standard InChI is InChI=1S/C17H19NO4/c1-12-9-14(19)10-13(2)17(12,21-3)18-16(20)11-22-15-7-5-4-6-8-15/h4-10H,11H2,1-3H3,(H,18,20). The Bertz CT molecular complexity index is 609. The molecule has 0 unspecified atom stereocenters. The molecule has 0 radical (unpaired) electrons. The second-order valence-corrected chi connectivity index (χ2v) is 5.09. The van der Waals surface area contributed by atoms with Crippen LogP contribution in [-0.2, 0) is 14.3 Å². The third kappa shape index (κ3) is 3.26.